The zero-order chi connectivity index (χ0) is 14.9. The van der Waals surface area contributed by atoms with E-state index < -0.39 is 10.0 Å². The average molecular weight is 303 g/mol. The van der Waals surface area contributed by atoms with E-state index in [9.17, 15) is 13.5 Å². The fraction of sp³-hybridized carbons (Fsp3) is 0.250. The summed E-state index contributed by atoms with van der Waals surface area (Å²) in [4.78, 5) is 0.141. The van der Waals surface area contributed by atoms with Crippen LogP contribution in [0.4, 0.5) is 0 Å². The predicted octanol–water partition coefficient (Wildman–Crippen LogP) is 2.53. The van der Waals surface area contributed by atoms with Crippen LogP contribution in [0.3, 0.4) is 0 Å². The van der Waals surface area contributed by atoms with Gasteiger partial charge in [-0.3, -0.25) is 0 Å². The third-order valence-corrected chi connectivity index (χ3v) is 5.62. The second-order valence-corrected chi connectivity index (χ2v) is 7.15. The molecular formula is C16H17NO3S. The number of benzene rings is 2. The van der Waals surface area contributed by atoms with Crippen molar-refractivity contribution in [3.05, 3.63) is 59.7 Å². The van der Waals surface area contributed by atoms with Crippen molar-refractivity contribution in [1.29, 1.82) is 0 Å². The van der Waals surface area contributed by atoms with Crippen LogP contribution in [0.1, 0.15) is 17.5 Å². The van der Waals surface area contributed by atoms with Gasteiger partial charge in [-0.15, -0.1) is 0 Å². The molecule has 0 fully saturated rings. The first kappa shape index (κ1) is 14.1. The van der Waals surface area contributed by atoms with Crippen LogP contribution in [0.25, 0.3) is 0 Å². The van der Waals surface area contributed by atoms with Crippen molar-refractivity contribution in [3.63, 3.8) is 0 Å². The highest BCUT2D eigenvalue weighted by Crippen LogP contribution is 2.25. The van der Waals surface area contributed by atoms with Crippen molar-refractivity contribution >= 4 is 10.0 Å². The van der Waals surface area contributed by atoms with Crippen molar-refractivity contribution in [2.45, 2.75) is 24.3 Å². The number of aryl methyl sites for hydroxylation is 1. The van der Waals surface area contributed by atoms with Gasteiger partial charge in [-0.25, -0.2) is 8.42 Å². The summed E-state index contributed by atoms with van der Waals surface area (Å²) in [6.45, 7) is 0.876. The number of hydrogen-bond acceptors (Lipinski definition) is 3. The molecule has 0 amide bonds. The summed E-state index contributed by atoms with van der Waals surface area (Å²) < 4.78 is 26.9. The lowest BCUT2D eigenvalue weighted by Crippen LogP contribution is -2.30. The second kappa shape index (κ2) is 5.50. The summed E-state index contributed by atoms with van der Waals surface area (Å²) in [5, 5.41) is 9.51. The maximum Gasteiger partial charge on any atom is 0.243 e. The SMILES string of the molecule is O=S(=O)(c1cccc(O)c1)N1CCCc2ccccc2C1. The van der Waals surface area contributed by atoms with E-state index in [0.29, 0.717) is 13.1 Å². The zero-order valence-corrected chi connectivity index (χ0v) is 12.4. The molecule has 21 heavy (non-hydrogen) atoms. The number of phenols is 1. The molecule has 0 saturated carbocycles. The molecule has 0 atom stereocenters. The standard InChI is InChI=1S/C16H17NO3S/c18-15-8-3-9-16(11-15)21(19,20)17-10-4-7-13-5-1-2-6-14(13)12-17/h1-3,5-6,8-9,11,18H,4,7,10,12H2. The summed E-state index contributed by atoms with van der Waals surface area (Å²) in [5.41, 5.74) is 2.27. The number of aromatic hydroxyl groups is 1. The average Bonchev–Trinajstić information content (AvgIpc) is 2.70. The van der Waals surface area contributed by atoms with Gasteiger partial charge in [0, 0.05) is 13.1 Å². The lowest BCUT2D eigenvalue weighted by molar-refractivity contribution is 0.409. The number of phenolic OH excluding ortho intramolecular Hbond substituents is 1. The Labute approximate surface area is 124 Å². The van der Waals surface area contributed by atoms with Crippen molar-refractivity contribution in [2.75, 3.05) is 6.54 Å². The van der Waals surface area contributed by atoms with E-state index in [1.165, 1.54) is 28.1 Å². The Morgan fingerprint density at radius 3 is 2.52 bits per heavy atom. The largest absolute Gasteiger partial charge is 0.508 e. The van der Waals surface area contributed by atoms with Gasteiger partial charge in [0.25, 0.3) is 0 Å². The van der Waals surface area contributed by atoms with Gasteiger partial charge in [0.1, 0.15) is 5.75 Å². The maximum atomic E-state index is 12.7. The highest BCUT2D eigenvalue weighted by Gasteiger charge is 2.27. The van der Waals surface area contributed by atoms with Gasteiger partial charge in [-0.2, -0.15) is 4.31 Å². The van der Waals surface area contributed by atoms with E-state index in [2.05, 4.69) is 6.07 Å². The molecule has 110 valence electrons. The molecule has 0 bridgehead atoms. The number of rotatable bonds is 2. The molecule has 2 aromatic rings. The summed E-state index contributed by atoms with van der Waals surface area (Å²) in [5.74, 6) is -0.0358. The fourth-order valence-electron chi connectivity index (χ4n) is 2.67. The van der Waals surface area contributed by atoms with Crippen molar-refractivity contribution in [1.82, 2.24) is 4.31 Å². The van der Waals surface area contributed by atoms with Gasteiger partial charge in [-0.05, 0) is 42.2 Å². The van der Waals surface area contributed by atoms with E-state index in [0.717, 1.165) is 18.4 Å². The molecule has 4 nitrogen and oxygen atoms in total. The monoisotopic (exact) mass is 303 g/mol. The van der Waals surface area contributed by atoms with Gasteiger partial charge < -0.3 is 5.11 Å². The molecule has 1 aliphatic rings. The van der Waals surface area contributed by atoms with E-state index in [4.69, 9.17) is 0 Å². The van der Waals surface area contributed by atoms with E-state index in [-0.39, 0.29) is 10.6 Å². The van der Waals surface area contributed by atoms with Crippen LogP contribution < -0.4 is 0 Å². The highest BCUT2D eigenvalue weighted by molar-refractivity contribution is 7.89. The van der Waals surface area contributed by atoms with Gasteiger partial charge in [-0.1, -0.05) is 30.3 Å². The van der Waals surface area contributed by atoms with Gasteiger partial charge in [0.2, 0.25) is 10.0 Å². The fourth-order valence-corrected chi connectivity index (χ4v) is 4.17. The Kier molecular flexibility index (Phi) is 3.69. The Hall–Kier alpha value is -1.85. The Balaban J connectivity index is 1.96. The quantitative estimate of drug-likeness (QED) is 0.927. The summed E-state index contributed by atoms with van der Waals surface area (Å²) in [6.07, 6.45) is 1.69. The van der Waals surface area contributed by atoms with Crippen molar-refractivity contribution in [2.24, 2.45) is 0 Å². The van der Waals surface area contributed by atoms with Gasteiger partial charge in [0.15, 0.2) is 0 Å². The molecule has 0 spiro atoms. The molecular weight excluding hydrogens is 286 g/mol. The summed E-state index contributed by atoms with van der Waals surface area (Å²) >= 11 is 0. The minimum Gasteiger partial charge on any atom is -0.508 e. The van der Waals surface area contributed by atoms with Crippen LogP contribution in [-0.2, 0) is 23.0 Å². The number of fused-ring (bicyclic) bond motifs is 1. The molecule has 0 unspecified atom stereocenters. The zero-order valence-electron chi connectivity index (χ0n) is 11.6. The van der Waals surface area contributed by atoms with Crippen molar-refractivity contribution in [3.8, 4) is 5.75 Å². The first-order valence-corrected chi connectivity index (χ1v) is 8.37. The third kappa shape index (κ3) is 2.80. The van der Waals surface area contributed by atoms with Crippen LogP contribution in [0, 0.1) is 0 Å². The Morgan fingerprint density at radius 1 is 1.00 bits per heavy atom. The molecule has 0 aliphatic carbocycles. The maximum absolute atomic E-state index is 12.7. The van der Waals surface area contributed by atoms with Crippen LogP contribution >= 0.6 is 0 Å². The summed E-state index contributed by atoms with van der Waals surface area (Å²) in [7, 11) is -3.58. The number of nitrogens with zero attached hydrogens (tertiary/aromatic N) is 1. The van der Waals surface area contributed by atoms with Crippen LogP contribution in [-0.4, -0.2) is 24.4 Å². The molecule has 1 aliphatic heterocycles. The number of hydrogen-bond donors (Lipinski definition) is 1. The first-order valence-electron chi connectivity index (χ1n) is 6.93. The minimum absolute atomic E-state index is 0.0358. The molecule has 0 radical (unpaired) electrons. The van der Waals surface area contributed by atoms with E-state index in [1.807, 2.05) is 18.2 Å². The molecule has 5 heteroatoms. The van der Waals surface area contributed by atoms with Crippen LogP contribution in [0.15, 0.2) is 53.4 Å². The topological polar surface area (TPSA) is 57.6 Å². The molecule has 0 saturated heterocycles. The van der Waals surface area contributed by atoms with E-state index >= 15 is 0 Å². The first-order chi connectivity index (χ1) is 10.1. The lowest BCUT2D eigenvalue weighted by Gasteiger charge is -2.20. The highest BCUT2D eigenvalue weighted by atomic mass is 32.2. The van der Waals surface area contributed by atoms with Crippen molar-refractivity contribution < 1.29 is 13.5 Å². The van der Waals surface area contributed by atoms with E-state index in [1.54, 1.807) is 6.07 Å². The second-order valence-electron chi connectivity index (χ2n) is 5.21. The van der Waals surface area contributed by atoms with Gasteiger partial charge in [0.05, 0.1) is 4.90 Å². The van der Waals surface area contributed by atoms with Crippen LogP contribution in [0.2, 0.25) is 0 Å². The number of sulfonamides is 1. The predicted molar refractivity (Wildman–Crippen MR) is 80.5 cm³/mol. The Morgan fingerprint density at radius 2 is 1.76 bits per heavy atom. The molecule has 1 N–H and O–H groups in total. The van der Waals surface area contributed by atoms with Crippen LogP contribution in [0.5, 0.6) is 5.75 Å². The molecule has 3 rings (SSSR count). The smallest absolute Gasteiger partial charge is 0.243 e. The molecule has 2 aromatic carbocycles. The van der Waals surface area contributed by atoms with Gasteiger partial charge >= 0.3 is 0 Å². The Bertz CT molecular complexity index is 756. The molecule has 0 aromatic heterocycles. The normalized spacial score (nSPS) is 16.2. The lowest BCUT2D eigenvalue weighted by atomic mass is 10.0. The molecule has 1 heterocycles. The third-order valence-electron chi connectivity index (χ3n) is 3.77. The summed E-state index contributed by atoms with van der Waals surface area (Å²) in [6, 6.07) is 13.8. The minimum atomic E-state index is -3.58.